The smallest absolute Gasteiger partial charge is 0.261 e. The van der Waals surface area contributed by atoms with Crippen molar-refractivity contribution in [3.05, 3.63) is 65.2 Å². The van der Waals surface area contributed by atoms with Gasteiger partial charge in [0.1, 0.15) is 5.75 Å². The number of fused-ring (bicyclic) bond motifs is 1. The molecule has 1 aliphatic rings. The van der Waals surface area contributed by atoms with Crippen LogP contribution in [-0.2, 0) is 0 Å². The quantitative estimate of drug-likeness (QED) is 0.530. The first-order chi connectivity index (χ1) is 14.5. The molecule has 0 saturated heterocycles. The van der Waals surface area contributed by atoms with E-state index in [-0.39, 0.29) is 24.8 Å². The highest BCUT2D eigenvalue weighted by Crippen LogP contribution is 2.26. The second-order valence-corrected chi connectivity index (χ2v) is 7.94. The van der Waals surface area contributed by atoms with Crippen LogP contribution < -0.4 is 4.74 Å². The molecule has 5 heteroatoms. The minimum absolute atomic E-state index is 0.174. The van der Waals surface area contributed by atoms with E-state index in [0.717, 1.165) is 37.0 Å². The standard InChI is InChI=1S/C25H31NO4/c1-3-8-18(9-4-2)17-30-20-11-7-10-19(16-20)23(27)14-15-26-24(28)21-12-5-6-13-22(21)25(26)29/h5-7,10-13,16,18,23,27H,3-4,8-9,14-15,17H2,1-2H3/t23-/m1/s1. The number of hydrogen-bond acceptors (Lipinski definition) is 4. The molecule has 5 nitrogen and oxygen atoms in total. The number of aliphatic hydroxyl groups is 1. The Hall–Kier alpha value is -2.66. The third-order valence-electron chi connectivity index (χ3n) is 5.63. The third-order valence-corrected chi connectivity index (χ3v) is 5.63. The Labute approximate surface area is 178 Å². The van der Waals surface area contributed by atoms with Gasteiger partial charge >= 0.3 is 0 Å². The zero-order valence-corrected chi connectivity index (χ0v) is 17.8. The van der Waals surface area contributed by atoms with Gasteiger partial charge in [-0.3, -0.25) is 14.5 Å². The van der Waals surface area contributed by atoms with E-state index in [0.29, 0.717) is 23.7 Å². The van der Waals surface area contributed by atoms with Crippen molar-refractivity contribution in [2.75, 3.05) is 13.2 Å². The van der Waals surface area contributed by atoms with Crippen LogP contribution in [0, 0.1) is 5.92 Å². The molecule has 0 aliphatic carbocycles. The summed E-state index contributed by atoms with van der Waals surface area (Å²) in [6, 6.07) is 14.3. The van der Waals surface area contributed by atoms with Crippen molar-refractivity contribution in [1.82, 2.24) is 4.90 Å². The average molecular weight is 410 g/mol. The number of amides is 2. The molecule has 1 atom stereocenters. The second kappa shape index (κ2) is 10.4. The summed E-state index contributed by atoms with van der Waals surface area (Å²) < 4.78 is 5.99. The van der Waals surface area contributed by atoms with E-state index in [4.69, 9.17) is 4.74 Å². The first kappa shape index (κ1) is 22.0. The van der Waals surface area contributed by atoms with E-state index >= 15 is 0 Å². The van der Waals surface area contributed by atoms with Crippen LogP contribution >= 0.6 is 0 Å². The molecule has 0 aromatic heterocycles. The summed E-state index contributed by atoms with van der Waals surface area (Å²) in [7, 11) is 0. The molecule has 30 heavy (non-hydrogen) atoms. The van der Waals surface area contributed by atoms with Gasteiger partial charge in [0.2, 0.25) is 0 Å². The maximum Gasteiger partial charge on any atom is 0.261 e. The molecule has 0 radical (unpaired) electrons. The van der Waals surface area contributed by atoms with Crippen LogP contribution in [0.1, 0.15) is 78.3 Å². The van der Waals surface area contributed by atoms with Crippen molar-refractivity contribution in [2.24, 2.45) is 5.92 Å². The number of aliphatic hydroxyl groups excluding tert-OH is 1. The van der Waals surface area contributed by atoms with Crippen molar-refractivity contribution in [3.8, 4) is 5.75 Å². The van der Waals surface area contributed by atoms with E-state index in [1.54, 1.807) is 24.3 Å². The average Bonchev–Trinajstić information content (AvgIpc) is 3.01. The normalized spacial score (nSPS) is 14.3. The first-order valence-corrected chi connectivity index (χ1v) is 10.9. The molecule has 0 spiro atoms. The monoisotopic (exact) mass is 409 g/mol. The van der Waals surface area contributed by atoms with Crippen molar-refractivity contribution in [3.63, 3.8) is 0 Å². The molecule has 2 aromatic rings. The number of carbonyl (C=O) groups is 2. The Kier molecular flexibility index (Phi) is 7.63. The number of benzene rings is 2. The highest BCUT2D eigenvalue weighted by atomic mass is 16.5. The lowest BCUT2D eigenvalue weighted by molar-refractivity contribution is 0.0622. The Morgan fingerprint density at radius 1 is 0.900 bits per heavy atom. The lowest BCUT2D eigenvalue weighted by Gasteiger charge is -2.19. The number of ether oxygens (including phenoxy) is 1. The van der Waals surface area contributed by atoms with Crippen LogP contribution in [0.15, 0.2) is 48.5 Å². The Morgan fingerprint density at radius 2 is 1.53 bits per heavy atom. The summed E-state index contributed by atoms with van der Waals surface area (Å²) in [6.07, 6.45) is 4.09. The summed E-state index contributed by atoms with van der Waals surface area (Å²) in [5, 5.41) is 10.6. The zero-order valence-electron chi connectivity index (χ0n) is 17.8. The van der Waals surface area contributed by atoms with Crippen LogP contribution in [0.3, 0.4) is 0 Å². The van der Waals surface area contributed by atoms with Crippen molar-refractivity contribution in [2.45, 2.75) is 52.1 Å². The summed E-state index contributed by atoms with van der Waals surface area (Å²) in [4.78, 5) is 26.2. The molecule has 2 amide bonds. The molecule has 1 aliphatic heterocycles. The predicted octanol–water partition coefficient (Wildman–Crippen LogP) is 5.00. The van der Waals surface area contributed by atoms with Gasteiger partial charge in [0.05, 0.1) is 23.8 Å². The van der Waals surface area contributed by atoms with Gasteiger partial charge in [0.15, 0.2) is 0 Å². The summed E-state index contributed by atoms with van der Waals surface area (Å²) >= 11 is 0. The molecular weight excluding hydrogens is 378 g/mol. The predicted molar refractivity (Wildman–Crippen MR) is 117 cm³/mol. The minimum atomic E-state index is -0.778. The van der Waals surface area contributed by atoms with E-state index in [1.165, 1.54) is 4.90 Å². The number of nitrogens with zero attached hydrogens (tertiary/aromatic N) is 1. The zero-order chi connectivity index (χ0) is 21.5. The molecule has 0 bridgehead atoms. The Bertz CT molecular complexity index is 838. The highest BCUT2D eigenvalue weighted by Gasteiger charge is 2.35. The second-order valence-electron chi connectivity index (χ2n) is 7.94. The third kappa shape index (κ3) is 5.08. The maximum atomic E-state index is 12.5. The number of carbonyl (C=O) groups excluding carboxylic acids is 2. The fourth-order valence-corrected chi connectivity index (χ4v) is 4.01. The van der Waals surface area contributed by atoms with Crippen LogP contribution in [0.4, 0.5) is 0 Å². The molecule has 160 valence electrons. The van der Waals surface area contributed by atoms with Crippen LogP contribution in [0.2, 0.25) is 0 Å². The Morgan fingerprint density at radius 3 is 2.13 bits per heavy atom. The van der Waals surface area contributed by atoms with Gasteiger partial charge in [0.25, 0.3) is 11.8 Å². The van der Waals surface area contributed by atoms with E-state index in [2.05, 4.69) is 13.8 Å². The van der Waals surface area contributed by atoms with E-state index in [9.17, 15) is 14.7 Å². The van der Waals surface area contributed by atoms with Gasteiger partial charge in [-0.25, -0.2) is 0 Å². The van der Waals surface area contributed by atoms with Crippen molar-refractivity contribution in [1.29, 1.82) is 0 Å². The molecule has 0 fully saturated rings. The first-order valence-electron chi connectivity index (χ1n) is 10.9. The molecule has 1 N–H and O–H groups in total. The lowest BCUT2D eigenvalue weighted by Crippen LogP contribution is -2.31. The topological polar surface area (TPSA) is 66.8 Å². The molecule has 2 aromatic carbocycles. The number of imide groups is 1. The fraction of sp³-hybridized carbons (Fsp3) is 0.440. The summed E-state index contributed by atoms with van der Waals surface area (Å²) in [5.74, 6) is 0.697. The van der Waals surface area contributed by atoms with E-state index in [1.807, 2.05) is 24.3 Å². The minimum Gasteiger partial charge on any atom is -0.493 e. The molecular formula is C25H31NO4. The maximum absolute atomic E-state index is 12.5. The van der Waals surface area contributed by atoms with Gasteiger partial charge < -0.3 is 9.84 Å². The van der Waals surface area contributed by atoms with Gasteiger partial charge in [0, 0.05) is 6.54 Å². The van der Waals surface area contributed by atoms with Crippen LogP contribution in [-0.4, -0.2) is 35.0 Å². The summed E-state index contributed by atoms with van der Waals surface area (Å²) in [5.41, 5.74) is 1.59. The molecule has 0 unspecified atom stereocenters. The number of rotatable bonds is 11. The van der Waals surface area contributed by atoms with Crippen molar-refractivity contribution < 1.29 is 19.4 Å². The van der Waals surface area contributed by atoms with Crippen LogP contribution in [0.25, 0.3) is 0 Å². The summed E-state index contributed by atoms with van der Waals surface area (Å²) in [6.45, 7) is 5.23. The van der Waals surface area contributed by atoms with Gasteiger partial charge in [-0.15, -0.1) is 0 Å². The molecule has 3 rings (SSSR count). The Balaban J connectivity index is 1.57. The van der Waals surface area contributed by atoms with Gasteiger partial charge in [-0.1, -0.05) is 51.0 Å². The highest BCUT2D eigenvalue weighted by molar-refractivity contribution is 6.21. The van der Waals surface area contributed by atoms with Crippen molar-refractivity contribution >= 4 is 11.8 Å². The van der Waals surface area contributed by atoms with Crippen LogP contribution in [0.5, 0.6) is 5.75 Å². The lowest BCUT2D eigenvalue weighted by atomic mass is 9.99. The molecule has 0 saturated carbocycles. The van der Waals surface area contributed by atoms with Gasteiger partial charge in [-0.2, -0.15) is 0 Å². The van der Waals surface area contributed by atoms with Gasteiger partial charge in [-0.05, 0) is 55.0 Å². The molecule has 1 heterocycles. The largest absolute Gasteiger partial charge is 0.493 e. The number of hydrogen-bond donors (Lipinski definition) is 1. The van der Waals surface area contributed by atoms with E-state index < -0.39 is 6.10 Å². The fourth-order valence-electron chi connectivity index (χ4n) is 4.01. The SMILES string of the molecule is CCCC(CCC)COc1cccc([C@H](O)CCN2C(=O)c3ccccc3C2=O)c1.